The molecule has 10 heteroatoms. The van der Waals surface area contributed by atoms with Crippen LogP contribution in [0.25, 0.3) is 10.8 Å². The molecule has 0 aromatic heterocycles. The largest absolute Gasteiger partial charge is 0.370 e. The third kappa shape index (κ3) is 9.23. The van der Waals surface area contributed by atoms with Crippen molar-refractivity contribution < 1.29 is 19.2 Å². The van der Waals surface area contributed by atoms with Crippen molar-refractivity contribution >= 4 is 40.7 Å². The van der Waals surface area contributed by atoms with Gasteiger partial charge in [0, 0.05) is 26.3 Å². The molecule has 0 radical (unpaired) electrons. The van der Waals surface area contributed by atoms with Crippen LogP contribution in [0.5, 0.6) is 0 Å². The molecule has 210 valence electrons. The molecule has 10 nitrogen and oxygen atoms in total. The lowest BCUT2D eigenvalue weighted by atomic mass is 9.97. The van der Waals surface area contributed by atoms with Gasteiger partial charge in [-0.1, -0.05) is 72.8 Å². The average molecular weight is 545 g/mol. The summed E-state index contributed by atoms with van der Waals surface area (Å²) < 4.78 is 0. The highest BCUT2D eigenvalue weighted by Gasteiger charge is 2.28. The first-order valence-corrected chi connectivity index (χ1v) is 13.2. The molecule has 40 heavy (non-hydrogen) atoms. The van der Waals surface area contributed by atoms with Crippen LogP contribution in [0.2, 0.25) is 0 Å². The summed E-state index contributed by atoms with van der Waals surface area (Å²) in [5.41, 5.74) is 7.00. The van der Waals surface area contributed by atoms with Crippen molar-refractivity contribution in [2.24, 2.45) is 5.73 Å². The van der Waals surface area contributed by atoms with Crippen LogP contribution in [-0.2, 0) is 32.0 Å². The molecule has 0 aliphatic heterocycles. The van der Waals surface area contributed by atoms with E-state index < -0.39 is 29.9 Å². The predicted molar refractivity (Wildman–Crippen MR) is 154 cm³/mol. The molecule has 3 aromatic carbocycles. The minimum Gasteiger partial charge on any atom is -0.370 e. The number of guanidine groups is 1. The van der Waals surface area contributed by atoms with Gasteiger partial charge in [0.25, 0.3) is 0 Å². The molecule has 0 spiro atoms. The molecule has 0 unspecified atom stereocenters. The lowest BCUT2D eigenvalue weighted by molar-refractivity contribution is -0.132. The molecule has 3 atom stereocenters. The van der Waals surface area contributed by atoms with Gasteiger partial charge in [-0.05, 0) is 34.7 Å². The molecule has 3 rings (SSSR count). The van der Waals surface area contributed by atoms with Gasteiger partial charge in [-0.3, -0.25) is 19.8 Å². The number of hydrogen-bond donors (Lipinski definition) is 6. The third-order valence-corrected chi connectivity index (χ3v) is 6.41. The second-order valence-electron chi connectivity index (χ2n) is 9.58. The van der Waals surface area contributed by atoms with Crippen LogP contribution in [0, 0.1) is 5.41 Å². The Morgan fingerprint density at radius 2 is 1.50 bits per heavy atom. The lowest BCUT2D eigenvalue weighted by Crippen LogP contribution is -2.56. The molecule has 0 heterocycles. The quantitative estimate of drug-likeness (QED) is 0.0780. The van der Waals surface area contributed by atoms with Crippen molar-refractivity contribution in [2.75, 3.05) is 6.54 Å². The Bertz CT molecular complexity index is 1320. The van der Waals surface area contributed by atoms with Gasteiger partial charge in [-0.2, -0.15) is 0 Å². The van der Waals surface area contributed by atoms with Crippen LogP contribution in [0.15, 0.2) is 72.8 Å². The number of benzene rings is 3. The first kappa shape index (κ1) is 29.8. The summed E-state index contributed by atoms with van der Waals surface area (Å²) in [6.07, 6.45) is 1.89. The number of nitrogens with two attached hydrogens (primary N) is 1. The van der Waals surface area contributed by atoms with Gasteiger partial charge >= 0.3 is 0 Å². The summed E-state index contributed by atoms with van der Waals surface area (Å²) in [5.74, 6) is -1.56. The van der Waals surface area contributed by atoms with E-state index in [4.69, 9.17) is 11.1 Å². The Kier molecular flexibility index (Phi) is 11.2. The van der Waals surface area contributed by atoms with E-state index in [-0.39, 0.29) is 24.7 Å². The van der Waals surface area contributed by atoms with E-state index in [1.54, 1.807) is 0 Å². The number of amides is 3. The van der Waals surface area contributed by atoms with E-state index in [0.717, 1.165) is 21.9 Å². The van der Waals surface area contributed by atoms with Gasteiger partial charge in [0.15, 0.2) is 5.96 Å². The lowest BCUT2D eigenvalue weighted by Gasteiger charge is -2.25. The van der Waals surface area contributed by atoms with Crippen LogP contribution in [0.3, 0.4) is 0 Å². The van der Waals surface area contributed by atoms with Gasteiger partial charge in [0.1, 0.15) is 18.4 Å². The maximum absolute atomic E-state index is 13.5. The second kappa shape index (κ2) is 15.0. The van der Waals surface area contributed by atoms with Gasteiger partial charge < -0.3 is 31.8 Å². The van der Waals surface area contributed by atoms with Crippen LogP contribution >= 0.6 is 0 Å². The Morgan fingerprint density at radius 3 is 2.20 bits per heavy atom. The Morgan fingerprint density at radius 1 is 0.850 bits per heavy atom. The number of carbonyl (C=O) groups is 4. The van der Waals surface area contributed by atoms with Crippen molar-refractivity contribution in [3.63, 3.8) is 0 Å². The van der Waals surface area contributed by atoms with Crippen molar-refractivity contribution in [3.8, 4) is 0 Å². The zero-order valence-electron chi connectivity index (χ0n) is 22.5. The topological polar surface area (TPSA) is 166 Å². The Labute approximate surface area is 233 Å². The van der Waals surface area contributed by atoms with Crippen LogP contribution < -0.4 is 27.0 Å². The first-order valence-electron chi connectivity index (χ1n) is 13.2. The number of hydrogen-bond acceptors (Lipinski definition) is 5. The SMILES string of the molecule is CC(=O)N[C@H](Cc1ccccc1)C(=O)N[C@@H](Cc1cccc2ccccc12)C(=O)N[C@H](C=O)CCCNC(=N)N. The maximum atomic E-state index is 13.5. The highest BCUT2D eigenvalue weighted by atomic mass is 16.2. The minimum absolute atomic E-state index is 0.172. The minimum atomic E-state index is -1.01. The number of fused-ring (bicyclic) bond motifs is 1. The zero-order chi connectivity index (χ0) is 28.9. The maximum Gasteiger partial charge on any atom is 0.243 e. The monoisotopic (exact) mass is 544 g/mol. The Hall–Kier alpha value is -4.73. The molecule has 0 fully saturated rings. The van der Waals surface area contributed by atoms with E-state index in [2.05, 4.69) is 21.3 Å². The summed E-state index contributed by atoms with van der Waals surface area (Å²) in [5, 5.41) is 20.1. The number of rotatable bonds is 14. The van der Waals surface area contributed by atoms with E-state index >= 15 is 0 Å². The van der Waals surface area contributed by atoms with Gasteiger partial charge in [0.05, 0.1) is 6.04 Å². The highest BCUT2D eigenvalue weighted by Crippen LogP contribution is 2.20. The fourth-order valence-corrected chi connectivity index (χ4v) is 4.48. The van der Waals surface area contributed by atoms with Crippen molar-refractivity contribution in [2.45, 2.75) is 50.7 Å². The standard InChI is InChI=1S/C30H36N6O4/c1-20(38)34-26(17-21-9-3-2-4-10-21)29(40)36-27(18-23-13-7-12-22-11-5-6-15-25(22)23)28(39)35-24(19-37)14-8-16-33-30(31)32/h2-7,9-13,15,19,24,26-27H,8,14,16-18H2,1H3,(H,34,38)(H,35,39)(H,36,40)(H4,31,32,33)/t24-,26+,27-/m0/s1. The van der Waals surface area contributed by atoms with Crippen molar-refractivity contribution in [3.05, 3.63) is 83.9 Å². The molecule has 3 aromatic rings. The summed E-state index contributed by atoms with van der Waals surface area (Å²) in [6.45, 7) is 1.71. The molecular formula is C30H36N6O4. The van der Waals surface area contributed by atoms with E-state index in [1.807, 2.05) is 72.8 Å². The molecule has 0 saturated heterocycles. The smallest absolute Gasteiger partial charge is 0.243 e. The summed E-state index contributed by atoms with van der Waals surface area (Å²) >= 11 is 0. The molecule has 0 saturated carbocycles. The average Bonchev–Trinajstić information content (AvgIpc) is 2.94. The van der Waals surface area contributed by atoms with Gasteiger partial charge in [0.2, 0.25) is 17.7 Å². The molecule has 0 aliphatic rings. The van der Waals surface area contributed by atoms with E-state index in [1.165, 1.54) is 6.92 Å². The Balaban J connectivity index is 1.82. The summed E-state index contributed by atoms with van der Waals surface area (Å²) in [7, 11) is 0. The highest BCUT2D eigenvalue weighted by molar-refractivity contribution is 5.93. The summed E-state index contributed by atoms with van der Waals surface area (Å²) in [4.78, 5) is 50.6. The first-order chi connectivity index (χ1) is 19.3. The van der Waals surface area contributed by atoms with E-state index in [0.29, 0.717) is 25.7 Å². The number of nitrogens with one attached hydrogen (secondary N) is 5. The van der Waals surface area contributed by atoms with Crippen molar-refractivity contribution in [1.29, 1.82) is 5.41 Å². The van der Waals surface area contributed by atoms with Gasteiger partial charge in [-0.25, -0.2) is 0 Å². The normalized spacial score (nSPS) is 12.9. The fourth-order valence-electron chi connectivity index (χ4n) is 4.48. The van der Waals surface area contributed by atoms with Gasteiger partial charge in [-0.15, -0.1) is 0 Å². The predicted octanol–water partition coefficient (Wildman–Crippen LogP) is 1.56. The van der Waals surface area contributed by atoms with Crippen LogP contribution in [0.1, 0.15) is 30.9 Å². The fraction of sp³-hybridized carbons (Fsp3) is 0.300. The molecule has 0 bridgehead atoms. The third-order valence-electron chi connectivity index (χ3n) is 6.41. The second-order valence-corrected chi connectivity index (χ2v) is 9.58. The molecule has 0 aliphatic carbocycles. The molecule has 7 N–H and O–H groups in total. The number of aldehydes is 1. The van der Waals surface area contributed by atoms with Crippen LogP contribution in [0.4, 0.5) is 0 Å². The number of carbonyl (C=O) groups excluding carboxylic acids is 4. The molecular weight excluding hydrogens is 508 g/mol. The van der Waals surface area contributed by atoms with E-state index in [9.17, 15) is 19.2 Å². The molecule has 3 amide bonds. The summed E-state index contributed by atoms with van der Waals surface area (Å²) in [6, 6.07) is 20.1. The van der Waals surface area contributed by atoms with Crippen LogP contribution in [-0.4, -0.2) is 54.6 Å². The zero-order valence-corrected chi connectivity index (χ0v) is 22.5. The van der Waals surface area contributed by atoms with Crippen molar-refractivity contribution in [1.82, 2.24) is 21.3 Å².